The average molecular weight is 256 g/mol. The van der Waals surface area contributed by atoms with Crippen molar-refractivity contribution in [2.45, 2.75) is 26.4 Å². The number of aromatic nitrogens is 1. The van der Waals surface area contributed by atoms with E-state index in [4.69, 9.17) is 0 Å². The highest BCUT2D eigenvalue weighted by Crippen LogP contribution is 2.28. The monoisotopic (exact) mass is 256 g/mol. The third-order valence-corrected chi connectivity index (χ3v) is 3.32. The van der Waals surface area contributed by atoms with Crippen LogP contribution in [0.2, 0.25) is 0 Å². The van der Waals surface area contributed by atoms with Gasteiger partial charge in [-0.1, -0.05) is 25.1 Å². The lowest BCUT2D eigenvalue weighted by Crippen LogP contribution is -2.14. The maximum absolute atomic E-state index is 9.82. The first-order valence-corrected chi connectivity index (χ1v) is 6.59. The fourth-order valence-electron chi connectivity index (χ4n) is 2.09. The molecule has 0 aliphatic rings. The van der Waals surface area contributed by atoms with Crippen molar-refractivity contribution in [2.24, 2.45) is 0 Å². The smallest absolute Gasteiger partial charge is 0.138 e. The second-order valence-corrected chi connectivity index (χ2v) is 4.67. The third-order valence-electron chi connectivity index (χ3n) is 3.32. The molecular weight excluding hydrogens is 236 g/mol. The van der Waals surface area contributed by atoms with Crippen molar-refractivity contribution < 1.29 is 5.11 Å². The van der Waals surface area contributed by atoms with E-state index >= 15 is 0 Å². The Labute approximate surface area is 114 Å². The molecule has 0 saturated carbocycles. The minimum absolute atomic E-state index is 0.527. The number of pyridine rings is 1. The molecule has 1 atom stereocenters. The van der Waals surface area contributed by atoms with Gasteiger partial charge in [0, 0.05) is 24.5 Å². The summed E-state index contributed by atoms with van der Waals surface area (Å²) in [5, 5.41) is 9.82. The first-order chi connectivity index (χ1) is 9.13. The summed E-state index contributed by atoms with van der Waals surface area (Å²) >= 11 is 0. The lowest BCUT2D eigenvalue weighted by Gasteiger charge is -2.22. The van der Waals surface area contributed by atoms with Gasteiger partial charge >= 0.3 is 0 Å². The van der Waals surface area contributed by atoms with Crippen molar-refractivity contribution in [3.63, 3.8) is 0 Å². The van der Waals surface area contributed by atoms with Crippen molar-refractivity contribution in [1.29, 1.82) is 0 Å². The van der Waals surface area contributed by atoms with Crippen molar-refractivity contribution >= 4 is 11.5 Å². The van der Waals surface area contributed by atoms with Crippen molar-refractivity contribution in [3.8, 4) is 0 Å². The second kappa shape index (κ2) is 5.85. The number of anilines is 2. The summed E-state index contributed by atoms with van der Waals surface area (Å²) in [5.41, 5.74) is 3.22. The second-order valence-electron chi connectivity index (χ2n) is 4.67. The summed E-state index contributed by atoms with van der Waals surface area (Å²) in [6, 6.07) is 12.2. The molecule has 0 unspecified atom stereocenters. The fourth-order valence-corrected chi connectivity index (χ4v) is 2.09. The standard InChI is InChI=1S/C16H20N2O/c1-4-13-7-9-14(10-8-13)18(3)16-15(12(2)19)6-5-11-17-16/h5-12,19H,4H2,1-3H3/t12-/m1/s1. The normalized spacial score (nSPS) is 12.2. The molecule has 3 nitrogen and oxygen atoms in total. The lowest BCUT2D eigenvalue weighted by atomic mass is 10.1. The Morgan fingerprint density at radius 3 is 2.47 bits per heavy atom. The Morgan fingerprint density at radius 2 is 1.89 bits per heavy atom. The highest BCUT2D eigenvalue weighted by molar-refractivity contribution is 5.62. The van der Waals surface area contributed by atoms with Gasteiger partial charge in [0.25, 0.3) is 0 Å². The number of aliphatic hydroxyl groups is 1. The van der Waals surface area contributed by atoms with Crippen LogP contribution >= 0.6 is 0 Å². The Morgan fingerprint density at radius 1 is 1.21 bits per heavy atom. The zero-order valence-electron chi connectivity index (χ0n) is 11.7. The molecule has 2 aromatic rings. The SMILES string of the molecule is CCc1ccc(N(C)c2ncccc2[C@@H](C)O)cc1. The zero-order valence-corrected chi connectivity index (χ0v) is 11.7. The quantitative estimate of drug-likeness (QED) is 0.910. The van der Waals surface area contributed by atoms with Crippen LogP contribution in [0.15, 0.2) is 42.6 Å². The maximum atomic E-state index is 9.82. The minimum Gasteiger partial charge on any atom is -0.389 e. The molecule has 0 bridgehead atoms. The summed E-state index contributed by atoms with van der Waals surface area (Å²) < 4.78 is 0. The Kier molecular flexibility index (Phi) is 4.17. The number of hydrogen-bond acceptors (Lipinski definition) is 3. The van der Waals surface area contributed by atoms with Crippen LogP contribution in [0.25, 0.3) is 0 Å². The number of benzene rings is 1. The van der Waals surface area contributed by atoms with Gasteiger partial charge in [0.1, 0.15) is 5.82 Å². The Hall–Kier alpha value is -1.87. The van der Waals surface area contributed by atoms with E-state index in [0.29, 0.717) is 0 Å². The molecule has 0 aliphatic heterocycles. The molecule has 0 saturated heterocycles. The van der Waals surface area contributed by atoms with E-state index in [9.17, 15) is 5.11 Å². The van der Waals surface area contributed by atoms with Crippen LogP contribution in [0.1, 0.15) is 31.1 Å². The number of rotatable bonds is 4. The molecule has 2 rings (SSSR count). The van der Waals surface area contributed by atoms with Gasteiger partial charge < -0.3 is 10.0 Å². The predicted octanol–water partition coefficient (Wildman–Crippen LogP) is 3.47. The summed E-state index contributed by atoms with van der Waals surface area (Å²) in [7, 11) is 1.97. The molecule has 1 aromatic heterocycles. The molecule has 0 fully saturated rings. The van der Waals surface area contributed by atoms with Gasteiger partial charge in [0.2, 0.25) is 0 Å². The number of nitrogens with zero attached hydrogens (tertiary/aromatic N) is 2. The van der Waals surface area contributed by atoms with Crippen LogP contribution in [0, 0.1) is 0 Å². The van der Waals surface area contributed by atoms with Crippen LogP contribution in [0.5, 0.6) is 0 Å². The van der Waals surface area contributed by atoms with Gasteiger partial charge in [0.05, 0.1) is 6.10 Å². The maximum Gasteiger partial charge on any atom is 0.138 e. The van der Waals surface area contributed by atoms with Gasteiger partial charge in [-0.2, -0.15) is 0 Å². The molecule has 0 radical (unpaired) electrons. The molecule has 1 N–H and O–H groups in total. The Balaban J connectivity index is 2.35. The van der Waals surface area contributed by atoms with Crippen LogP contribution in [0.4, 0.5) is 11.5 Å². The van der Waals surface area contributed by atoms with Gasteiger partial charge in [-0.25, -0.2) is 4.98 Å². The molecular formula is C16H20N2O. The van der Waals surface area contributed by atoms with Crippen LogP contribution in [-0.2, 0) is 6.42 Å². The fraction of sp³-hybridized carbons (Fsp3) is 0.312. The average Bonchev–Trinajstić information content (AvgIpc) is 2.46. The number of hydrogen-bond donors (Lipinski definition) is 1. The van der Waals surface area contributed by atoms with Crippen LogP contribution in [-0.4, -0.2) is 17.1 Å². The van der Waals surface area contributed by atoms with Gasteiger partial charge in [-0.15, -0.1) is 0 Å². The first kappa shape index (κ1) is 13.6. The molecule has 3 heteroatoms. The molecule has 1 aromatic carbocycles. The van der Waals surface area contributed by atoms with Crippen molar-refractivity contribution in [1.82, 2.24) is 4.98 Å². The largest absolute Gasteiger partial charge is 0.389 e. The first-order valence-electron chi connectivity index (χ1n) is 6.59. The zero-order chi connectivity index (χ0) is 13.8. The van der Waals surface area contributed by atoms with E-state index in [-0.39, 0.29) is 0 Å². The van der Waals surface area contributed by atoms with Gasteiger partial charge in [0.15, 0.2) is 0 Å². The Bertz CT molecular complexity index is 535. The summed E-state index contributed by atoms with van der Waals surface area (Å²) in [6.45, 7) is 3.90. The molecule has 0 spiro atoms. The topological polar surface area (TPSA) is 36.4 Å². The van der Waals surface area contributed by atoms with Crippen LogP contribution in [0.3, 0.4) is 0 Å². The van der Waals surface area contributed by atoms with Gasteiger partial charge in [-0.05, 0) is 37.1 Å². The third kappa shape index (κ3) is 2.93. The number of aryl methyl sites for hydroxylation is 1. The number of aliphatic hydroxyl groups excluding tert-OH is 1. The summed E-state index contributed by atoms with van der Waals surface area (Å²) in [4.78, 5) is 6.39. The minimum atomic E-state index is -0.527. The van der Waals surface area contributed by atoms with Crippen molar-refractivity contribution in [2.75, 3.05) is 11.9 Å². The van der Waals surface area contributed by atoms with E-state index in [1.807, 2.05) is 24.1 Å². The molecule has 0 aliphatic carbocycles. The lowest BCUT2D eigenvalue weighted by molar-refractivity contribution is 0.199. The van der Waals surface area contributed by atoms with E-state index in [0.717, 1.165) is 23.5 Å². The van der Waals surface area contributed by atoms with Gasteiger partial charge in [-0.3, -0.25) is 0 Å². The highest BCUT2D eigenvalue weighted by atomic mass is 16.3. The molecule has 100 valence electrons. The van der Waals surface area contributed by atoms with E-state index in [2.05, 4.69) is 36.2 Å². The summed E-state index contributed by atoms with van der Waals surface area (Å²) in [5.74, 6) is 0.793. The predicted molar refractivity (Wildman–Crippen MR) is 78.8 cm³/mol. The van der Waals surface area contributed by atoms with Crippen molar-refractivity contribution in [3.05, 3.63) is 53.7 Å². The highest BCUT2D eigenvalue weighted by Gasteiger charge is 2.13. The summed E-state index contributed by atoms with van der Waals surface area (Å²) in [6.07, 6.45) is 2.26. The van der Waals surface area contributed by atoms with E-state index < -0.39 is 6.10 Å². The molecule has 1 heterocycles. The van der Waals surface area contributed by atoms with E-state index in [1.54, 1.807) is 13.1 Å². The van der Waals surface area contributed by atoms with Crippen LogP contribution < -0.4 is 4.90 Å². The molecule has 0 amide bonds. The molecule has 19 heavy (non-hydrogen) atoms. The van der Waals surface area contributed by atoms with E-state index in [1.165, 1.54) is 5.56 Å².